The van der Waals surface area contributed by atoms with E-state index in [-0.39, 0.29) is 17.2 Å². The summed E-state index contributed by atoms with van der Waals surface area (Å²) in [6.07, 6.45) is 1.78. The lowest BCUT2D eigenvalue weighted by Gasteiger charge is -2.25. The third-order valence-electron chi connectivity index (χ3n) is 4.72. The van der Waals surface area contributed by atoms with Crippen molar-refractivity contribution in [3.05, 3.63) is 52.2 Å². The molecule has 1 aliphatic heterocycles. The molecule has 8 heteroatoms. The molecule has 2 atom stereocenters. The fraction of sp³-hybridized carbons (Fsp3) is 0.368. The number of fused-ring (bicyclic) bond motifs is 1. The quantitative estimate of drug-likeness (QED) is 0.594. The average molecular weight is 400 g/mol. The Morgan fingerprint density at radius 3 is 3.00 bits per heavy atom. The fourth-order valence-electron chi connectivity index (χ4n) is 3.40. The highest BCUT2D eigenvalue weighted by molar-refractivity contribution is 8.00. The molecular weight excluding hydrogens is 378 g/mol. The number of aromatic nitrogens is 4. The molecule has 6 nitrogen and oxygen atoms in total. The van der Waals surface area contributed by atoms with Crippen molar-refractivity contribution < 1.29 is 4.79 Å². The number of rotatable bonds is 6. The second kappa shape index (κ2) is 7.82. The molecule has 0 aliphatic carbocycles. The minimum Gasteiger partial charge on any atom is -0.308 e. The van der Waals surface area contributed by atoms with Crippen molar-refractivity contribution in [3.8, 4) is 0 Å². The Morgan fingerprint density at radius 1 is 1.33 bits per heavy atom. The first kappa shape index (κ1) is 18.2. The van der Waals surface area contributed by atoms with Crippen LogP contribution in [0.15, 0.2) is 46.9 Å². The van der Waals surface area contributed by atoms with E-state index >= 15 is 0 Å². The lowest BCUT2D eigenvalue weighted by molar-refractivity contribution is -0.118. The normalized spacial score (nSPS) is 17.1. The van der Waals surface area contributed by atoms with Crippen LogP contribution in [0.2, 0.25) is 0 Å². The van der Waals surface area contributed by atoms with Gasteiger partial charge in [0.15, 0.2) is 0 Å². The summed E-state index contributed by atoms with van der Waals surface area (Å²) in [5.74, 6) is 0.102. The first-order valence-electron chi connectivity index (χ1n) is 8.99. The summed E-state index contributed by atoms with van der Waals surface area (Å²) < 4.78 is 1.79. The zero-order valence-corrected chi connectivity index (χ0v) is 16.9. The lowest BCUT2D eigenvalue weighted by Crippen LogP contribution is -2.40. The number of hydrogen-bond donors (Lipinski definition) is 0. The van der Waals surface area contributed by atoms with E-state index in [2.05, 4.69) is 40.0 Å². The van der Waals surface area contributed by atoms with Crippen LogP contribution in [0.4, 0.5) is 5.69 Å². The third-order valence-corrected chi connectivity index (χ3v) is 6.72. The van der Waals surface area contributed by atoms with Gasteiger partial charge in [0, 0.05) is 23.0 Å². The molecule has 27 heavy (non-hydrogen) atoms. The van der Waals surface area contributed by atoms with Gasteiger partial charge >= 0.3 is 0 Å². The van der Waals surface area contributed by atoms with E-state index in [1.54, 1.807) is 16.0 Å². The number of carbonyl (C=O) groups is 1. The minimum absolute atomic E-state index is 0.102. The zero-order valence-electron chi connectivity index (χ0n) is 15.3. The Hall–Kier alpha value is -2.19. The molecule has 3 aromatic rings. The minimum atomic E-state index is -0.259. The predicted octanol–water partition coefficient (Wildman–Crippen LogP) is 3.44. The van der Waals surface area contributed by atoms with Crippen molar-refractivity contribution in [2.75, 3.05) is 4.90 Å². The fourth-order valence-corrected chi connectivity index (χ4v) is 4.96. The number of carbonyl (C=O) groups excluding carboxylic acids is 1. The number of para-hydroxylation sites is 1. The molecular formula is C19H21N5OS2. The first-order valence-corrected chi connectivity index (χ1v) is 10.8. The molecule has 0 fully saturated rings. The molecule has 2 aromatic heterocycles. The van der Waals surface area contributed by atoms with Gasteiger partial charge in [0.1, 0.15) is 0 Å². The molecule has 0 spiro atoms. The molecule has 2 unspecified atom stereocenters. The van der Waals surface area contributed by atoms with Gasteiger partial charge in [-0.2, -0.15) is 0 Å². The molecule has 140 valence electrons. The van der Waals surface area contributed by atoms with E-state index in [1.807, 2.05) is 36.1 Å². The van der Waals surface area contributed by atoms with Crippen LogP contribution in [0.5, 0.6) is 0 Å². The number of benzene rings is 1. The monoisotopic (exact) mass is 399 g/mol. The molecule has 1 aromatic carbocycles. The van der Waals surface area contributed by atoms with Crippen molar-refractivity contribution in [2.24, 2.45) is 0 Å². The van der Waals surface area contributed by atoms with Crippen molar-refractivity contribution in [1.82, 2.24) is 20.2 Å². The second-order valence-corrected chi connectivity index (χ2v) is 9.00. The van der Waals surface area contributed by atoms with Gasteiger partial charge in [0.25, 0.3) is 0 Å². The summed E-state index contributed by atoms with van der Waals surface area (Å²) >= 11 is 3.16. The van der Waals surface area contributed by atoms with Crippen LogP contribution in [0.3, 0.4) is 0 Å². The van der Waals surface area contributed by atoms with Gasteiger partial charge in [0.05, 0.1) is 11.8 Å². The number of thioether (sulfide) groups is 1. The first-order chi connectivity index (χ1) is 13.1. The Balaban J connectivity index is 1.44. The summed E-state index contributed by atoms with van der Waals surface area (Å²) in [6, 6.07) is 12.5. The van der Waals surface area contributed by atoms with Gasteiger partial charge in [-0.05, 0) is 53.8 Å². The number of hydrogen-bond acceptors (Lipinski definition) is 6. The number of amides is 1. The number of aryl methyl sites for hydroxylation is 2. The molecule has 0 saturated carbocycles. The summed E-state index contributed by atoms with van der Waals surface area (Å²) in [6.45, 7) is 4.74. The Kier molecular flexibility index (Phi) is 5.27. The number of thiophene rings is 1. The standard InChI is InChI=1S/C19H21N5OS2/c1-13-12-15-6-3-4-8-17(15)24(13)18(25)14(2)27-19-20-21-22-23(19)10-9-16-7-5-11-26-16/h3-8,11,13-14H,9-10,12H2,1-2H3. The van der Waals surface area contributed by atoms with Gasteiger partial charge in [-0.25, -0.2) is 4.68 Å². The zero-order chi connectivity index (χ0) is 18.8. The van der Waals surface area contributed by atoms with Crippen molar-refractivity contribution in [2.45, 2.75) is 49.7 Å². The molecule has 3 heterocycles. The second-order valence-electron chi connectivity index (χ2n) is 6.66. The highest BCUT2D eigenvalue weighted by Gasteiger charge is 2.33. The molecule has 0 N–H and O–H groups in total. The highest BCUT2D eigenvalue weighted by atomic mass is 32.2. The molecule has 4 rings (SSSR count). The number of nitrogens with zero attached hydrogens (tertiary/aromatic N) is 5. The van der Waals surface area contributed by atoms with Crippen molar-refractivity contribution in [1.29, 1.82) is 0 Å². The summed E-state index contributed by atoms with van der Waals surface area (Å²) in [5, 5.41) is 14.5. The van der Waals surface area contributed by atoms with E-state index in [1.165, 1.54) is 22.2 Å². The largest absolute Gasteiger partial charge is 0.308 e. The average Bonchev–Trinajstić information content (AvgIpc) is 3.38. The number of tetrazole rings is 1. The predicted molar refractivity (Wildman–Crippen MR) is 108 cm³/mol. The van der Waals surface area contributed by atoms with Crippen LogP contribution in [-0.4, -0.2) is 37.4 Å². The summed E-state index contributed by atoms with van der Waals surface area (Å²) in [7, 11) is 0. The number of anilines is 1. The van der Waals surface area contributed by atoms with Gasteiger partial charge in [0.2, 0.25) is 11.1 Å². The van der Waals surface area contributed by atoms with Gasteiger partial charge in [-0.15, -0.1) is 16.4 Å². The van der Waals surface area contributed by atoms with Gasteiger partial charge < -0.3 is 4.90 Å². The van der Waals surface area contributed by atoms with Crippen LogP contribution in [0.1, 0.15) is 24.3 Å². The third kappa shape index (κ3) is 3.77. The molecule has 1 amide bonds. The summed E-state index contributed by atoms with van der Waals surface area (Å²) in [5.41, 5.74) is 2.26. The van der Waals surface area contributed by atoms with Crippen LogP contribution in [-0.2, 0) is 24.2 Å². The van der Waals surface area contributed by atoms with E-state index in [4.69, 9.17) is 0 Å². The smallest absolute Gasteiger partial charge is 0.240 e. The molecule has 0 saturated heterocycles. The van der Waals surface area contributed by atoms with Crippen LogP contribution >= 0.6 is 23.1 Å². The van der Waals surface area contributed by atoms with E-state index in [9.17, 15) is 4.79 Å². The molecule has 0 bridgehead atoms. The topological polar surface area (TPSA) is 63.9 Å². The van der Waals surface area contributed by atoms with E-state index < -0.39 is 0 Å². The highest BCUT2D eigenvalue weighted by Crippen LogP contribution is 2.34. The summed E-state index contributed by atoms with van der Waals surface area (Å²) in [4.78, 5) is 16.4. The Bertz CT molecular complexity index is 924. The van der Waals surface area contributed by atoms with E-state index in [0.717, 1.165) is 18.5 Å². The van der Waals surface area contributed by atoms with Crippen molar-refractivity contribution in [3.63, 3.8) is 0 Å². The van der Waals surface area contributed by atoms with Crippen LogP contribution in [0.25, 0.3) is 0 Å². The van der Waals surface area contributed by atoms with Crippen LogP contribution in [0, 0.1) is 0 Å². The van der Waals surface area contributed by atoms with Crippen LogP contribution < -0.4 is 4.90 Å². The van der Waals surface area contributed by atoms with Gasteiger partial charge in [-0.3, -0.25) is 4.79 Å². The Labute approximate surface area is 166 Å². The van der Waals surface area contributed by atoms with E-state index in [0.29, 0.717) is 11.7 Å². The molecule has 0 radical (unpaired) electrons. The van der Waals surface area contributed by atoms with Crippen molar-refractivity contribution >= 4 is 34.7 Å². The SMILES string of the molecule is CC(Sc1nnnn1CCc1cccs1)C(=O)N1c2ccccc2CC1C. The molecule has 1 aliphatic rings. The maximum absolute atomic E-state index is 13.1. The lowest BCUT2D eigenvalue weighted by atomic mass is 10.1. The maximum Gasteiger partial charge on any atom is 0.240 e. The Morgan fingerprint density at radius 2 is 2.19 bits per heavy atom. The van der Waals surface area contributed by atoms with Gasteiger partial charge in [-0.1, -0.05) is 36.0 Å². The maximum atomic E-state index is 13.1.